The van der Waals surface area contributed by atoms with Crippen molar-refractivity contribution in [1.29, 1.82) is 0 Å². The second-order valence-electron chi connectivity index (χ2n) is 5.69. The van der Waals surface area contributed by atoms with Crippen molar-refractivity contribution >= 4 is 15.9 Å². The summed E-state index contributed by atoms with van der Waals surface area (Å²) in [4.78, 5) is 13.4. The maximum absolute atomic E-state index is 12.3. The fourth-order valence-electron chi connectivity index (χ4n) is 1.65. The van der Waals surface area contributed by atoms with Gasteiger partial charge in [-0.1, -0.05) is 0 Å². The highest BCUT2D eigenvalue weighted by Gasteiger charge is 2.29. The van der Waals surface area contributed by atoms with E-state index in [1.54, 1.807) is 48.1 Å². The van der Waals surface area contributed by atoms with Crippen LogP contribution < -0.4 is 4.72 Å². The number of carbonyl (C=O) groups is 1. The first kappa shape index (κ1) is 15.7. The average Bonchev–Trinajstić information content (AvgIpc) is 2.55. The minimum absolute atomic E-state index is 0.00336. The minimum Gasteiger partial charge on any atom is -0.345 e. The van der Waals surface area contributed by atoms with E-state index in [4.69, 9.17) is 0 Å². The van der Waals surface area contributed by atoms with Crippen molar-refractivity contribution in [3.05, 3.63) is 18.0 Å². The Morgan fingerprint density at radius 1 is 1.32 bits per heavy atom. The summed E-state index contributed by atoms with van der Waals surface area (Å²) < 4.78 is 28.7. The molecule has 1 amide bonds. The number of hydrogen-bond acceptors (Lipinski definition) is 3. The van der Waals surface area contributed by atoms with E-state index >= 15 is 0 Å². The van der Waals surface area contributed by atoms with Gasteiger partial charge in [0.2, 0.25) is 10.0 Å². The van der Waals surface area contributed by atoms with Gasteiger partial charge in [0.25, 0.3) is 5.91 Å². The van der Waals surface area contributed by atoms with Crippen molar-refractivity contribution in [3.63, 3.8) is 0 Å². The van der Waals surface area contributed by atoms with Gasteiger partial charge >= 0.3 is 0 Å². The second kappa shape index (κ2) is 4.97. The zero-order valence-electron chi connectivity index (χ0n) is 12.2. The molecular formula is C12H21N3O3S. The molecule has 0 fully saturated rings. The van der Waals surface area contributed by atoms with Crippen molar-refractivity contribution in [2.75, 3.05) is 14.1 Å². The topological polar surface area (TPSA) is 71.4 Å². The Hall–Kier alpha value is -1.34. The highest BCUT2D eigenvalue weighted by molar-refractivity contribution is 7.89. The molecule has 108 valence electrons. The van der Waals surface area contributed by atoms with E-state index in [0.29, 0.717) is 0 Å². The molecule has 0 radical (unpaired) electrons. The van der Waals surface area contributed by atoms with Crippen LogP contribution in [0.4, 0.5) is 0 Å². The Morgan fingerprint density at radius 3 is 2.26 bits per heavy atom. The quantitative estimate of drug-likeness (QED) is 0.894. The van der Waals surface area contributed by atoms with Crippen molar-refractivity contribution < 1.29 is 13.2 Å². The van der Waals surface area contributed by atoms with Crippen LogP contribution >= 0.6 is 0 Å². The molecule has 7 heteroatoms. The zero-order valence-corrected chi connectivity index (χ0v) is 13.0. The lowest BCUT2D eigenvalue weighted by Gasteiger charge is -2.21. The predicted molar refractivity (Wildman–Crippen MR) is 73.5 cm³/mol. The molecule has 0 aliphatic carbocycles. The fourth-order valence-corrected chi connectivity index (χ4v) is 3.29. The molecule has 1 heterocycles. The highest BCUT2D eigenvalue weighted by atomic mass is 32.2. The lowest BCUT2D eigenvalue weighted by Crippen LogP contribution is -2.41. The van der Waals surface area contributed by atoms with E-state index in [0.717, 1.165) is 0 Å². The summed E-state index contributed by atoms with van der Waals surface area (Å²) in [6.45, 7) is 5.25. The van der Waals surface area contributed by atoms with Gasteiger partial charge < -0.3 is 9.47 Å². The molecule has 0 spiro atoms. The predicted octanol–water partition coefficient (Wildman–Crippen LogP) is 0.804. The lowest BCUT2D eigenvalue weighted by atomic mass is 10.1. The minimum atomic E-state index is -3.72. The highest BCUT2D eigenvalue weighted by Crippen LogP contribution is 2.19. The number of aryl methyl sites for hydroxylation is 1. The van der Waals surface area contributed by atoms with E-state index < -0.39 is 15.6 Å². The number of nitrogens with one attached hydrogen (secondary N) is 1. The van der Waals surface area contributed by atoms with Crippen LogP contribution in [0.15, 0.2) is 17.2 Å². The molecule has 6 nitrogen and oxygen atoms in total. The number of sulfonamides is 1. The number of hydrogen-bond donors (Lipinski definition) is 1. The number of carbonyl (C=O) groups excluding carboxylic acids is 1. The summed E-state index contributed by atoms with van der Waals surface area (Å²) in [6.07, 6.45) is 1.56. The summed E-state index contributed by atoms with van der Waals surface area (Å²) >= 11 is 0. The lowest BCUT2D eigenvalue weighted by molar-refractivity contribution is 0.0814. The first-order chi connectivity index (χ1) is 8.46. The van der Waals surface area contributed by atoms with Crippen LogP contribution in [-0.2, 0) is 17.1 Å². The summed E-state index contributed by atoms with van der Waals surface area (Å²) in [5, 5.41) is 0. The van der Waals surface area contributed by atoms with Crippen LogP contribution in [0.25, 0.3) is 0 Å². The van der Waals surface area contributed by atoms with Gasteiger partial charge in [-0.25, -0.2) is 13.1 Å². The number of rotatable bonds is 3. The summed E-state index contributed by atoms with van der Waals surface area (Å²) in [7, 11) is 1.09. The molecule has 1 aromatic heterocycles. The van der Waals surface area contributed by atoms with Crippen LogP contribution in [0, 0.1) is 0 Å². The third-order valence-corrected chi connectivity index (χ3v) is 4.16. The van der Waals surface area contributed by atoms with Crippen molar-refractivity contribution in [1.82, 2.24) is 14.2 Å². The van der Waals surface area contributed by atoms with Gasteiger partial charge in [0.1, 0.15) is 10.6 Å². The Bertz CT molecular complexity index is 580. The molecule has 1 aromatic rings. The fraction of sp³-hybridized carbons (Fsp3) is 0.583. The van der Waals surface area contributed by atoms with Crippen LogP contribution in [0.2, 0.25) is 0 Å². The van der Waals surface area contributed by atoms with Gasteiger partial charge in [0.05, 0.1) is 0 Å². The molecule has 0 bridgehead atoms. The maximum Gasteiger partial charge on any atom is 0.271 e. The summed E-state index contributed by atoms with van der Waals surface area (Å²) in [5.41, 5.74) is -0.450. The van der Waals surface area contributed by atoms with Crippen LogP contribution in [0.1, 0.15) is 31.3 Å². The smallest absolute Gasteiger partial charge is 0.271 e. The van der Waals surface area contributed by atoms with Crippen LogP contribution in [0.5, 0.6) is 0 Å². The molecule has 0 saturated heterocycles. The van der Waals surface area contributed by atoms with E-state index in [2.05, 4.69) is 4.72 Å². The number of amides is 1. The largest absolute Gasteiger partial charge is 0.345 e. The summed E-state index contributed by atoms with van der Waals surface area (Å²) in [5.74, 6) is -0.346. The molecule has 0 aliphatic rings. The Morgan fingerprint density at radius 2 is 1.84 bits per heavy atom. The van der Waals surface area contributed by atoms with Gasteiger partial charge in [0.15, 0.2) is 0 Å². The molecule has 1 N–H and O–H groups in total. The van der Waals surface area contributed by atoms with Crippen molar-refractivity contribution in [2.24, 2.45) is 7.05 Å². The van der Waals surface area contributed by atoms with Gasteiger partial charge in [-0.05, 0) is 26.8 Å². The third-order valence-electron chi connectivity index (χ3n) is 2.37. The van der Waals surface area contributed by atoms with Gasteiger partial charge in [-0.3, -0.25) is 4.79 Å². The van der Waals surface area contributed by atoms with Gasteiger partial charge in [-0.2, -0.15) is 0 Å². The third kappa shape index (κ3) is 3.57. The zero-order chi connectivity index (χ0) is 15.0. The first-order valence-corrected chi connectivity index (χ1v) is 7.35. The molecular weight excluding hydrogens is 266 g/mol. The van der Waals surface area contributed by atoms with Gasteiger partial charge in [-0.15, -0.1) is 0 Å². The molecule has 0 aromatic carbocycles. The molecule has 19 heavy (non-hydrogen) atoms. The maximum atomic E-state index is 12.3. The molecule has 0 aliphatic heterocycles. The van der Waals surface area contributed by atoms with Crippen LogP contribution in [-0.4, -0.2) is 43.4 Å². The molecule has 0 unspecified atom stereocenters. The number of aromatic nitrogens is 1. The van der Waals surface area contributed by atoms with Crippen LogP contribution in [0.3, 0.4) is 0 Å². The molecule has 0 saturated carbocycles. The normalized spacial score (nSPS) is 12.5. The van der Waals surface area contributed by atoms with Gasteiger partial charge in [0, 0.05) is 32.9 Å². The standard InChI is InChI=1S/C12H21N3O3S/c1-12(2,3)13-19(17,18)9-7-8-15(6)10(9)11(16)14(4)5/h7-8,13H,1-6H3. The van der Waals surface area contributed by atoms with E-state index in [9.17, 15) is 13.2 Å². The summed E-state index contributed by atoms with van der Waals surface area (Å²) in [6, 6.07) is 1.44. The van der Waals surface area contributed by atoms with E-state index in [1.165, 1.54) is 15.5 Å². The van der Waals surface area contributed by atoms with E-state index in [-0.39, 0.29) is 16.5 Å². The second-order valence-corrected chi connectivity index (χ2v) is 7.35. The SMILES string of the molecule is CN(C)C(=O)c1c(S(=O)(=O)NC(C)(C)C)ccn1C. The molecule has 1 rings (SSSR count). The Kier molecular flexibility index (Phi) is 4.11. The monoisotopic (exact) mass is 287 g/mol. The number of nitrogens with zero attached hydrogens (tertiary/aromatic N) is 2. The van der Waals surface area contributed by atoms with E-state index in [1.807, 2.05) is 0 Å². The average molecular weight is 287 g/mol. The Labute approximate surface area is 114 Å². The molecule has 0 atom stereocenters. The Balaban J connectivity index is 3.34. The van der Waals surface area contributed by atoms with Crippen molar-refractivity contribution in [2.45, 2.75) is 31.2 Å². The first-order valence-electron chi connectivity index (χ1n) is 5.86. The van der Waals surface area contributed by atoms with Crippen molar-refractivity contribution in [3.8, 4) is 0 Å².